The molecule has 5 heteroatoms. The summed E-state index contributed by atoms with van der Waals surface area (Å²) in [5, 5.41) is 0. The summed E-state index contributed by atoms with van der Waals surface area (Å²) in [6.45, 7) is 7.73. The van der Waals surface area contributed by atoms with E-state index < -0.39 is 0 Å². The van der Waals surface area contributed by atoms with Gasteiger partial charge in [0, 0.05) is 19.1 Å². The van der Waals surface area contributed by atoms with E-state index in [4.69, 9.17) is 10.5 Å². The monoisotopic (exact) mass is 326 g/mol. The minimum atomic E-state index is 0. The van der Waals surface area contributed by atoms with E-state index in [0.717, 1.165) is 25.1 Å². The van der Waals surface area contributed by atoms with Gasteiger partial charge < -0.3 is 15.4 Å². The van der Waals surface area contributed by atoms with Gasteiger partial charge in [-0.1, -0.05) is 13.0 Å². The fourth-order valence-corrected chi connectivity index (χ4v) is 2.84. The molecule has 2 unspecified atom stereocenters. The molecule has 0 spiro atoms. The third-order valence-electron chi connectivity index (χ3n) is 4.41. The van der Waals surface area contributed by atoms with Crippen molar-refractivity contribution in [1.82, 2.24) is 4.90 Å². The Hall–Kier alpha value is -1.26. The smallest absolute Gasteiger partial charge is 0.260 e. The molecule has 0 bridgehead atoms. The van der Waals surface area contributed by atoms with Crippen LogP contribution < -0.4 is 10.5 Å². The Bertz CT molecular complexity index is 507. The van der Waals surface area contributed by atoms with E-state index in [0.29, 0.717) is 12.5 Å². The van der Waals surface area contributed by atoms with Crippen LogP contribution in [-0.4, -0.2) is 36.5 Å². The first-order chi connectivity index (χ1) is 10.0. The first-order valence-electron chi connectivity index (χ1n) is 7.71. The second kappa shape index (κ2) is 8.39. The minimum absolute atomic E-state index is 0. The van der Waals surface area contributed by atoms with Crippen LogP contribution in [0.5, 0.6) is 5.75 Å². The molecule has 0 saturated carbocycles. The summed E-state index contributed by atoms with van der Waals surface area (Å²) >= 11 is 0. The van der Waals surface area contributed by atoms with Crippen molar-refractivity contribution in [2.24, 2.45) is 11.7 Å². The molecule has 0 radical (unpaired) electrons. The number of aryl methyl sites for hydroxylation is 2. The molecule has 0 aromatic heterocycles. The number of carbonyl (C=O) groups excluding carboxylic acids is 1. The number of rotatable bonds is 4. The molecule has 1 aromatic rings. The number of halogens is 1. The zero-order valence-corrected chi connectivity index (χ0v) is 14.5. The van der Waals surface area contributed by atoms with E-state index >= 15 is 0 Å². The molecule has 1 aliphatic heterocycles. The number of nitrogens with zero attached hydrogens (tertiary/aromatic N) is 1. The third kappa shape index (κ3) is 4.62. The van der Waals surface area contributed by atoms with Crippen molar-refractivity contribution in [3.63, 3.8) is 0 Å². The lowest BCUT2D eigenvalue weighted by molar-refractivity contribution is -0.137. The Morgan fingerprint density at radius 3 is 2.73 bits per heavy atom. The van der Waals surface area contributed by atoms with Gasteiger partial charge in [0.1, 0.15) is 5.75 Å². The summed E-state index contributed by atoms with van der Waals surface area (Å²) in [6.07, 6.45) is 2.04. The molecule has 1 aromatic carbocycles. The molecular formula is C17H27ClN2O2. The van der Waals surface area contributed by atoms with E-state index in [1.54, 1.807) is 0 Å². The highest BCUT2D eigenvalue weighted by Gasteiger charge is 2.28. The van der Waals surface area contributed by atoms with Crippen LogP contribution in [0.1, 0.15) is 30.9 Å². The summed E-state index contributed by atoms with van der Waals surface area (Å²) in [5.74, 6) is 1.43. The van der Waals surface area contributed by atoms with Crippen LogP contribution in [0, 0.1) is 19.8 Å². The van der Waals surface area contributed by atoms with Gasteiger partial charge in [-0.15, -0.1) is 12.4 Å². The molecule has 2 atom stereocenters. The lowest BCUT2D eigenvalue weighted by atomic mass is 9.92. The van der Waals surface area contributed by atoms with E-state index in [9.17, 15) is 4.79 Å². The van der Waals surface area contributed by atoms with Gasteiger partial charge in [-0.25, -0.2) is 0 Å². The first-order valence-corrected chi connectivity index (χ1v) is 7.71. The first kappa shape index (κ1) is 18.8. The molecule has 0 aliphatic carbocycles. The number of hydrogen-bond donors (Lipinski definition) is 1. The summed E-state index contributed by atoms with van der Waals surface area (Å²) in [5.41, 5.74) is 8.20. The normalized spacial score (nSPS) is 21.2. The molecular weight excluding hydrogens is 300 g/mol. The van der Waals surface area contributed by atoms with Gasteiger partial charge in [0.25, 0.3) is 5.91 Å². The maximum atomic E-state index is 12.3. The summed E-state index contributed by atoms with van der Waals surface area (Å²) in [4.78, 5) is 14.2. The fraction of sp³-hybridized carbons (Fsp3) is 0.588. The highest BCUT2D eigenvalue weighted by Crippen LogP contribution is 2.22. The maximum Gasteiger partial charge on any atom is 0.260 e. The quantitative estimate of drug-likeness (QED) is 0.925. The number of amides is 1. The number of hydrogen-bond acceptors (Lipinski definition) is 3. The van der Waals surface area contributed by atoms with Crippen molar-refractivity contribution in [3.8, 4) is 5.75 Å². The topological polar surface area (TPSA) is 55.6 Å². The Balaban J connectivity index is 0.00000242. The lowest BCUT2D eigenvalue weighted by Crippen LogP contribution is -2.50. The van der Waals surface area contributed by atoms with Crippen LogP contribution in [0.15, 0.2) is 18.2 Å². The van der Waals surface area contributed by atoms with Crippen LogP contribution >= 0.6 is 12.4 Å². The predicted molar refractivity (Wildman–Crippen MR) is 91.6 cm³/mol. The van der Waals surface area contributed by atoms with Crippen molar-refractivity contribution >= 4 is 18.3 Å². The molecule has 1 fully saturated rings. The van der Waals surface area contributed by atoms with Gasteiger partial charge in [0.2, 0.25) is 0 Å². The minimum Gasteiger partial charge on any atom is -0.484 e. The number of carbonyl (C=O) groups is 1. The summed E-state index contributed by atoms with van der Waals surface area (Å²) in [6, 6.07) is 6.06. The number of benzene rings is 1. The molecule has 2 rings (SSSR count). The van der Waals surface area contributed by atoms with Crippen molar-refractivity contribution in [2.45, 2.75) is 39.7 Å². The van der Waals surface area contributed by atoms with Gasteiger partial charge in [0.15, 0.2) is 6.61 Å². The molecule has 1 aliphatic rings. The Labute approximate surface area is 139 Å². The van der Waals surface area contributed by atoms with Gasteiger partial charge in [-0.05, 0) is 55.9 Å². The zero-order valence-electron chi connectivity index (χ0n) is 13.7. The lowest BCUT2D eigenvalue weighted by Gasteiger charge is -2.37. The number of nitrogens with two attached hydrogens (primary N) is 1. The highest BCUT2D eigenvalue weighted by molar-refractivity contribution is 5.85. The van der Waals surface area contributed by atoms with Crippen LogP contribution in [0.2, 0.25) is 0 Å². The number of likely N-dealkylation sites (tertiary alicyclic amines) is 1. The molecule has 22 heavy (non-hydrogen) atoms. The van der Waals surface area contributed by atoms with Crippen molar-refractivity contribution in [2.75, 3.05) is 19.7 Å². The Morgan fingerprint density at radius 2 is 2.09 bits per heavy atom. The number of ether oxygens (including phenoxy) is 1. The second-order valence-corrected chi connectivity index (χ2v) is 6.14. The zero-order chi connectivity index (χ0) is 15.4. The molecule has 4 nitrogen and oxygen atoms in total. The fourth-order valence-electron chi connectivity index (χ4n) is 2.84. The van der Waals surface area contributed by atoms with Gasteiger partial charge in [-0.3, -0.25) is 4.79 Å². The largest absolute Gasteiger partial charge is 0.484 e. The maximum absolute atomic E-state index is 12.3. The SMILES string of the molecule is Cc1ccc(OCC(=O)N2CCC(C)CC2CN)cc1C.Cl. The highest BCUT2D eigenvalue weighted by atomic mass is 35.5. The van der Waals surface area contributed by atoms with Crippen LogP contribution in [-0.2, 0) is 4.79 Å². The summed E-state index contributed by atoms with van der Waals surface area (Å²) < 4.78 is 5.64. The standard InChI is InChI=1S/C17H26N2O2.ClH/c1-12-6-7-19(15(8-12)10-18)17(20)11-21-16-5-4-13(2)14(3)9-16;/h4-5,9,12,15H,6-8,10-11,18H2,1-3H3;1H. The summed E-state index contributed by atoms with van der Waals surface area (Å²) in [7, 11) is 0. The Kier molecular flexibility index (Phi) is 7.17. The van der Waals surface area contributed by atoms with Gasteiger partial charge in [0.05, 0.1) is 0 Å². The van der Waals surface area contributed by atoms with Gasteiger partial charge >= 0.3 is 0 Å². The van der Waals surface area contributed by atoms with Crippen molar-refractivity contribution in [1.29, 1.82) is 0 Å². The Morgan fingerprint density at radius 1 is 1.36 bits per heavy atom. The van der Waals surface area contributed by atoms with Crippen molar-refractivity contribution < 1.29 is 9.53 Å². The molecule has 1 saturated heterocycles. The van der Waals surface area contributed by atoms with E-state index in [-0.39, 0.29) is 31.0 Å². The average Bonchev–Trinajstić information content (AvgIpc) is 2.48. The van der Waals surface area contributed by atoms with Crippen LogP contribution in [0.4, 0.5) is 0 Å². The molecule has 2 N–H and O–H groups in total. The molecule has 1 amide bonds. The third-order valence-corrected chi connectivity index (χ3v) is 4.41. The van der Waals surface area contributed by atoms with Crippen LogP contribution in [0.25, 0.3) is 0 Å². The predicted octanol–water partition coefficient (Wildman–Crippen LogP) is 2.69. The van der Waals surface area contributed by atoms with E-state index in [2.05, 4.69) is 13.8 Å². The van der Waals surface area contributed by atoms with E-state index in [1.165, 1.54) is 11.1 Å². The second-order valence-electron chi connectivity index (χ2n) is 6.14. The van der Waals surface area contributed by atoms with Crippen molar-refractivity contribution in [3.05, 3.63) is 29.3 Å². The van der Waals surface area contributed by atoms with E-state index in [1.807, 2.05) is 30.0 Å². The van der Waals surface area contributed by atoms with Crippen LogP contribution in [0.3, 0.4) is 0 Å². The number of piperidine rings is 1. The average molecular weight is 327 g/mol. The van der Waals surface area contributed by atoms with Gasteiger partial charge in [-0.2, -0.15) is 0 Å². The molecule has 1 heterocycles. The molecule has 124 valence electrons.